The summed E-state index contributed by atoms with van der Waals surface area (Å²) in [5.74, 6) is 1.62. The lowest BCUT2D eigenvalue weighted by Crippen LogP contribution is -2.17. The summed E-state index contributed by atoms with van der Waals surface area (Å²) in [7, 11) is 0. The third-order valence-electron chi connectivity index (χ3n) is 3.70. The van der Waals surface area contributed by atoms with Crippen LogP contribution in [0.1, 0.15) is 19.0 Å². The molecule has 7 heteroatoms. The van der Waals surface area contributed by atoms with Crippen molar-refractivity contribution in [3.8, 4) is 5.75 Å². The first-order valence-corrected chi connectivity index (χ1v) is 8.22. The number of hydrogen-bond donors (Lipinski definition) is 2. The maximum absolute atomic E-state index is 12.1. The zero-order valence-electron chi connectivity index (χ0n) is 14.3. The molecule has 25 heavy (non-hydrogen) atoms. The van der Waals surface area contributed by atoms with Crippen molar-refractivity contribution in [1.82, 2.24) is 14.4 Å². The summed E-state index contributed by atoms with van der Waals surface area (Å²) in [6, 6.07) is 7.34. The maximum atomic E-state index is 12.1. The van der Waals surface area contributed by atoms with Crippen molar-refractivity contribution in [3.05, 3.63) is 48.5 Å². The van der Waals surface area contributed by atoms with E-state index < -0.39 is 0 Å². The number of aryl methyl sites for hydroxylation is 1. The number of carbonyl (C=O) groups is 1. The van der Waals surface area contributed by atoms with Crippen molar-refractivity contribution in [1.29, 1.82) is 0 Å². The summed E-state index contributed by atoms with van der Waals surface area (Å²) in [4.78, 5) is 20.6. The minimum absolute atomic E-state index is 0.0511. The van der Waals surface area contributed by atoms with Crippen LogP contribution in [-0.2, 0) is 4.79 Å². The van der Waals surface area contributed by atoms with E-state index in [1.165, 1.54) is 0 Å². The van der Waals surface area contributed by atoms with Crippen LogP contribution < -0.4 is 15.4 Å². The SMILES string of the molecule is CCOc1ccc(NC(=O)CCNc2c(C)nc3cnccn23)cc1. The van der Waals surface area contributed by atoms with E-state index >= 15 is 0 Å². The first kappa shape index (κ1) is 16.8. The molecule has 1 amide bonds. The Morgan fingerprint density at radius 1 is 1.28 bits per heavy atom. The van der Waals surface area contributed by atoms with Gasteiger partial charge in [-0.2, -0.15) is 0 Å². The van der Waals surface area contributed by atoms with Gasteiger partial charge in [-0.15, -0.1) is 0 Å². The number of benzene rings is 1. The molecule has 0 aliphatic heterocycles. The van der Waals surface area contributed by atoms with Crippen molar-refractivity contribution >= 4 is 23.1 Å². The van der Waals surface area contributed by atoms with E-state index in [2.05, 4.69) is 20.6 Å². The standard InChI is InChI=1S/C18H21N5O2/c1-3-25-15-6-4-14(5-7-15)22-17(24)8-9-20-18-13(2)21-16-12-19-10-11-23(16)18/h4-7,10-12,20H,3,8-9H2,1-2H3,(H,22,24). The van der Waals surface area contributed by atoms with E-state index in [1.807, 2.05) is 48.7 Å². The first-order valence-electron chi connectivity index (χ1n) is 8.22. The number of nitrogens with zero attached hydrogens (tertiary/aromatic N) is 3. The van der Waals surface area contributed by atoms with Gasteiger partial charge in [-0.05, 0) is 38.1 Å². The molecule has 0 unspecified atom stereocenters. The minimum atomic E-state index is -0.0511. The van der Waals surface area contributed by atoms with Crippen LogP contribution in [0.3, 0.4) is 0 Å². The molecule has 2 aromatic heterocycles. The first-order chi connectivity index (χ1) is 12.2. The fourth-order valence-electron chi connectivity index (χ4n) is 2.56. The molecule has 2 N–H and O–H groups in total. The Labute approximate surface area is 146 Å². The van der Waals surface area contributed by atoms with Crippen LogP contribution >= 0.6 is 0 Å². The number of carbonyl (C=O) groups excluding carboxylic acids is 1. The van der Waals surface area contributed by atoms with Gasteiger partial charge in [-0.1, -0.05) is 0 Å². The van der Waals surface area contributed by atoms with E-state index in [4.69, 9.17) is 4.74 Å². The molecule has 0 radical (unpaired) electrons. The Kier molecular flexibility index (Phi) is 5.13. The quantitative estimate of drug-likeness (QED) is 0.692. The molecular formula is C18H21N5O2. The summed E-state index contributed by atoms with van der Waals surface area (Å²) in [6.07, 6.45) is 5.61. The van der Waals surface area contributed by atoms with Gasteiger partial charge in [0.1, 0.15) is 11.6 Å². The number of rotatable bonds is 7. The molecule has 0 saturated carbocycles. The Balaban J connectivity index is 1.53. The molecule has 7 nitrogen and oxygen atoms in total. The summed E-state index contributed by atoms with van der Waals surface area (Å²) in [5, 5.41) is 6.15. The van der Waals surface area contributed by atoms with Crippen LogP contribution in [0.2, 0.25) is 0 Å². The predicted octanol–water partition coefficient (Wildman–Crippen LogP) is 2.88. The Bertz CT molecular complexity index is 858. The number of ether oxygens (including phenoxy) is 1. The van der Waals surface area contributed by atoms with Gasteiger partial charge in [-0.3, -0.25) is 14.2 Å². The number of aromatic nitrogens is 3. The van der Waals surface area contributed by atoms with Gasteiger partial charge < -0.3 is 15.4 Å². The topological polar surface area (TPSA) is 80.5 Å². The second-order valence-corrected chi connectivity index (χ2v) is 5.53. The van der Waals surface area contributed by atoms with Crippen molar-refractivity contribution in [2.75, 3.05) is 23.8 Å². The van der Waals surface area contributed by atoms with Crippen LogP contribution in [0.25, 0.3) is 5.65 Å². The Hall–Kier alpha value is -3.09. The van der Waals surface area contributed by atoms with Gasteiger partial charge in [0.2, 0.25) is 5.91 Å². The van der Waals surface area contributed by atoms with E-state index in [0.717, 1.165) is 28.6 Å². The van der Waals surface area contributed by atoms with E-state index in [0.29, 0.717) is 19.6 Å². The van der Waals surface area contributed by atoms with Crippen LogP contribution in [0.4, 0.5) is 11.5 Å². The highest BCUT2D eigenvalue weighted by Gasteiger charge is 2.09. The second kappa shape index (κ2) is 7.65. The predicted molar refractivity (Wildman–Crippen MR) is 97.1 cm³/mol. The average Bonchev–Trinajstić information content (AvgIpc) is 2.93. The van der Waals surface area contributed by atoms with E-state index in [9.17, 15) is 4.79 Å². The lowest BCUT2D eigenvalue weighted by molar-refractivity contribution is -0.115. The highest BCUT2D eigenvalue weighted by atomic mass is 16.5. The minimum Gasteiger partial charge on any atom is -0.494 e. The molecule has 0 aliphatic rings. The third-order valence-corrected chi connectivity index (χ3v) is 3.70. The Morgan fingerprint density at radius 2 is 2.08 bits per heavy atom. The summed E-state index contributed by atoms with van der Waals surface area (Å²) in [5.41, 5.74) is 2.41. The molecule has 3 rings (SSSR count). The zero-order chi connectivity index (χ0) is 17.6. The highest BCUT2D eigenvalue weighted by molar-refractivity contribution is 5.91. The molecule has 3 aromatic rings. The summed E-state index contributed by atoms with van der Waals surface area (Å²) in [6.45, 7) is 5.00. The molecule has 1 aromatic carbocycles. The van der Waals surface area contributed by atoms with Crippen LogP contribution in [0.15, 0.2) is 42.9 Å². The molecule has 2 heterocycles. The van der Waals surface area contributed by atoms with Crippen molar-refractivity contribution in [2.24, 2.45) is 0 Å². The van der Waals surface area contributed by atoms with E-state index in [1.54, 1.807) is 12.4 Å². The normalized spacial score (nSPS) is 10.6. The molecule has 0 spiro atoms. The smallest absolute Gasteiger partial charge is 0.226 e. The maximum Gasteiger partial charge on any atom is 0.226 e. The van der Waals surface area contributed by atoms with Crippen molar-refractivity contribution in [3.63, 3.8) is 0 Å². The fourth-order valence-corrected chi connectivity index (χ4v) is 2.56. The highest BCUT2D eigenvalue weighted by Crippen LogP contribution is 2.17. The van der Waals surface area contributed by atoms with Gasteiger partial charge in [-0.25, -0.2) is 4.98 Å². The van der Waals surface area contributed by atoms with Crippen molar-refractivity contribution < 1.29 is 9.53 Å². The average molecular weight is 339 g/mol. The lowest BCUT2D eigenvalue weighted by Gasteiger charge is -2.09. The number of amides is 1. The molecule has 130 valence electrons. The molecule has 0 fully saturated rings. The third kappa shape index (κ3) is 4.06. The van der Waals surface area contributed by atoms with Gasteiger partial charge in [0, 0.05) is 31.0 Å². The van der Waals surface area contributed by atoms with Crippen LogP contribution in [0, 0.1) is 6.92 Å². The molecule has 0 aliphatic carbocycles. The van der Waals surface area contributed by atoms with Gasteiger partial charge >= 0.3 is 0 Å². The molecular weight excluding hydrogens is 318 g/mol. The van der Waals surface area contributed by atoms with Gasteiger partial charge in [0.15, 0.2) is 5.65 Å². The Morgan fingerprint density at radius 3 is 2.84 bits per heavy atom. The summed E-state index contributed by atoms with van der Waals surface area (Å²) >= 11 is 0. The molecule has 0 saturated heterocycles. The number of nitrogens with one attached hydrogen (secondary N) is 2. The van der Waals surface area contributed by atoms with Crippen LogP contribution in [-0.4, -0.2) is 33.4 Å². The monoisotopic (exact) mass is 339 g/mol. The van der Waals surface area contributed by atoms with Crippen molar-refractivity contribution in [2.45, 2.75) is 20.3 Å². The molecule has 0 atom stereocenters. The summed E-state index contributed by atoms with van der Waals surface area (Å²) < 4.78 is 7.31. The van der Waals surface area contributed by atoms with Gasteiger partial charge in [0.25, 0.3) is 0 Å². The number of imidazole rings is 1. The van der Waals surface area contributed by atoms with Gasteiger partial charge in [0.05, 0.1) is 18.5 Å². The van der Waals surface area contributed by atoms with E-state index in [-0.39, 0.29) is 5.91 Å². The van der Waals surface area contributed by atoms with Crippen LogP contribution in [0.5, 0.6) is 5.75 Å². The zero-order valence-corrected chi connectivity index (χ0v) is 14.3. The molecule has 0 bridgehead atoms. The second-order valence-electron chi connectivity index (χ2n) is 5.53. The fraction of sp³-hybridized carbons (Fsp3) is 0.278. The number of anilines is 2. The lowest BCUT2D eigenvalue weighted by atomic mass is 10.3. The number of hydrogen-bond acceptors (Lipinski definition) is 5. The number of fused-ring (bicyclic) bond motifs is 1. The largest absolute Gasteiger partial charge is 0.494 e.